The summed E-state index contributed by atoms with van der Waals surface area (Å²) in [6.07, 6.45) is 8.14. The van der Waals surface area contributed by atoms with Crippen molar-refractivity contribution in [2.45, 2.75) is 45.1 Å². The Morgan fingerprint density at radius 1 is 1.17 bits per heavy atom. The average molecular weight is 392 g/mol. The highest BCUT2D eigenvalue weighted by molar-refractivity contribution is 5.95. The number of amides is 1. The molecular formula is C23H29N5O. The summed E-state index contributed by atoms with van der Waals surface area (Å²) < 4.78 is 2.06. The molecular weight excluding hydrogens is 362 g/mol. The molecule has 6 nitrogen and oxygen atoms in total. The lowest BCUT2D eigenvalue weighted by atomic mass is 9.95. The minimum atomic E-state index is -0.125. The minimum absolute atomic E-state index is 0.125. The molecule has 4 N–H and O–H groups in total. The van der Waals surface area contributed by atoms with Crippen molar-refractivity contribution in [3.8, 4) is 11.3 Å². The van der Waals surface area contributed by atoms with Crippen molar-refractivity contribution in [1.82, 2.24) is 14.7 Å². The fourth-order valence-electron chi connectivity index (χ4n) is 3.96. The van der Waals surface area contributed by atoms with Crippen LogP contribution in [0, 0.1) is 6.92 Å². The molecule has 2 aromatic heterocycles. The molecule has 3 aromatic rings. The summed E-state index contributed by atoms with van der Waals surface area (Å²) in [6, 6.07) is 12.6. The quantitative estimate of drug-likeness (QED) is 0.598. The van der Waals surface area contributed by atoms with E-state index in [0.717, 1.165) is 22.7 Å². The topological polar surface area (TPSA) is 84.5 Å². The third-order valence-corrected chi connectivity index (χ3v) is 5.59. The van der Waals surface area contributed by atoms with Gasteiger partial charge in [-0.3, -0.25) is 9.20 Å². The molecule has 1 fully saturated rings. The molecule has 4 rings (SSSR count). The van der Waals surface area contributed by atoms with Gasteiger partial charge < -0.3 is 16.4 Å². The van der Waals surface area contributed by atoms with Gasteiger partial charge in [-0.15, -0.1) is 0 Å². The van der Waals surface area contributed by atoms with Crippen LogP contribution in [0.3, 0.4) is 0 Å². The molecule has 2 heterocycles. The lowest BCUT2D eigenvalue weighted by Gasteiger charge is -2.24. The van der Waals surface area contributed by atoms with E-state index in [4.69, 9.17) is 10.7 Å². The van der Waals surface area contributed by atoms with E-state index in [1.54, 1.807) is 0 Å². The van der Waals surface area contributed by atoms with Crippen LogP contribution in [0.2, 0.25) is 0 Å². The van der Waals surface area contributed by atoms with Crippen LogP contribution in [0.4, 0.5) is 5.82 Å². The summed E-state index contributed by atoms with van der Waals surface area (Å²) in [5.41, 5.74) is 10.1. The van der Waals surface area contributed by atoms with E-state index < -0.39 is 0 Å². The zero-order valence-electron chi connectivity index (χ0n) is 16.9. The summed E-state index contributed by atoms with van der Waals surface area (Å²) in [7, 11) is 0. The number of fused-ring (bicyclic) bond motifs is 1. The van der Waals surface area contributed by atoms with Crippen LogP contribution in [0.15, 0.2) is 42.6 Å². The molecule has 1 aliphatic rings. The standard InChI is InChI=1S/C23H29N5O/c1-16-7-9-17(10-8-16)21-22(26-19-5-3-2-4-6-19)28-14-11-18(15-20(28)27-21)23(29)25-13-12-24/h7-11,14-15,19,26H,2-6,12-13,24H2,1H3,(H,25,29). The van der Waals surface area contributed by atoms with E-state index >= 15 is 0 Å². The van der Waals surface area contributed by atoms with Crippen molar-refractivity contribution in [3.05, 3.63) is 53.7 Å². The Hall–Kier alpha value is -2.86. The second-order valence-corrected chi connectivity index (χ2v) is 7.84. The maximum Gasteiger partial charge on any atom is 0.251 e. The number of carbonyl (C=O) groups is 1. The summed E-state index contributed by atoms with van der Waals surface area (Å²) in [5, 5.41) is 6.57. The van der Waals surface area contributed by atoms with Gasteiger partial charge in [0.1, 0.15) is 17.2 Å². The Bertz CT molecular complexity index is 986. The summed E-state index contributed by atoms with van der Waals surface area (Å²) in [4.78, 5) is 17.2. The number of pyridine rings is 1. The Balaban J connectivity index is 1.74. The Morgan fingerprint density at radius 3 is 2.66 bits per heavy atom. The molecule has 1 amide bonds. The van der Waals surface area contributed by atoms with Crippen molar-refractivity contribution in [2.24, 2.45) is 5.73 Å². The molecule has 0 saturated heterocycles. The van der Waals surface area contributed by atoms with Gasteiger partial charge in [-0.2, -0.15) is 0 Å². The van der Waals surface area contributed by atoms with Crippen molar-refractivity contribution in [3.63, 3.8) is 0 Å². The molecule has 1 saturated carbocycles. The van der Waals surface area contributed by atoms with Gasteiger partial charge in [-0.25, -0.2) is 4.98 Å². The highest BCUT2D eigenvalue weighted by atomic mass is 16.1. The smallest absolute Gasteiger partial charge is 0.251 e. The monoisotopic (exact) mass is 391 g/mol. The maximum atomic E-state index is 12.3. The third-order valence-electron chi connectivity index (χ3n) is 5.59. The van der Waals surface area contributed by atoms with Crippen molar-refractivity contribution < 1.29 is 4.79 Å². The van der Waals surface area contributed by atoms with Gasteiger partial charge in [0, 0.05) is 36.5 Å². The van der Waals surface area contributed by atoms with Crippen molar-refractivity contribution in [2.75, 3.05) is 18.4 Å². The minimum Gasteiger partial charge on any atom is -0.367 e. The molecule has 0 unspecified atom stereocenters. The van der Waals surface area contributed by atoms with Gasteiger partial charge in [-0.05, 0) is 31.9 Å². The first-order valence-electron chi connectivity index (χ1n) is 10.5. The lowest BCUT2D eigenvalue weighted by Crippen LogP contribution is -2.29. The number of nitrogens with zero attached hydrogens (tertiary/aromatic N) is 2. The number of carbonyl (C=O) groups excluding carboxylic acids is 1. The summed E-state index contributed by atoms with van der Waals surface area (Å²) >= 11 is 0. The fourth-order valence-corrected chi connectivity index (χ4v) is 3.96. The molecule has 0 aliphatic heterocycles. The molecule has 6 heteroatoms. The number of benzene rings is 1. The SMILES string of the molecule is Cc1ccc(-c2nc3cc(C(=O)NCCN)ccn3c2NC2CCCCC2)cc1. The first-order chi connectivity index (χ1) is 14.2. The first kappa shape index (κ1) is 19.5. The number of nitrogens with one attached hydrogen (secondary N) is 2. The Kier molecular flexibility index (Phi) is 5.81. The zero-order valence-corrected chi connectivity index (χ0v) is 16.9. The molecule has 152 valence electrons. The number of hydrogen-bond donors (Lipinski definition) is 3. The van der Waals surface area contributed by atoms with Crippen LogP contribution in [0.5, 0.6) is 0 Å². The van der Waals surface area contributed by atoms with Crippen molar-refractivity contribution in [1.29, 1.82) is 0 Å². The second kappa shape index (κ2) is 8.66. The van der Waals surface area contributed by atoms with Crippen LogP contribution in [0.25, 0.3) is 16.9 Å². The molecule has 0 bridgehead atoms. The normalized spacial score (nSPS) is 14.8. The van der Waals surface area contributed by atoms with E-state index in [1.807, 2.05) is 18.3 Å². The number of aromatic nitrogens is 2. The van der Waals surface area contributed by atoms with Gasteiger partial charge in [0.15, 0.2) is 0 Å². The average Bonchev–Trinajstić information content (AvgIpc) is 3.11. The van der Waals surface area contributed by atoms with Gasteiger partial charge in [0.05, 0.1) is 0 Å². The second-order valence-electron chi connectivity index (χ2n) is 7.84. The lowest BCUT2D eigenvalue weighted by molar-refractivity contribution is 0.0954. The van der Waals surface area contributed by atoms with Crippen LogP contribution in [-0.4, -0.2) is 34.4 Å². The van der Waals surface area contributed by atoms with Crippen LogP contribution < -0.4 is 16.4 Å². The van der Waals surface area contributed by atoms with Gasteiger partial charge in [0.25, 0.3) is 5.91 Å². The van der Waals surface area contributed by atoms with Gasteiger partial charge in [-0.1, -0.05) is 49.1 Å². The number of rotatable bonds is 6. The molecule has 0 spiro atoms. The predicted molar refractivity (Wildman–Crippen MR) is 117 cm³/mol. The van der Waals surface area contributed by atoms with E-state index in [2.05, 4.69) is 46.2 Å². The van der Waals surface area contributed by atoms with Crippen LogP contribution in [0.1, 0.15) is 48.0 Å². The maximum absolute atomic E-state index is 12.3. The first-order valence-corrected chi connectivity index (χ1v) is 10.5. The zero-order chi connectivity index (χ0) is 20.2. The molecule has 29 heavy (non-hydrogen) atoms. The third kappa shape index (κ3) is 4.27. The van der Waals surface area contributed by atoms with Crippen molar-refractivity contribution >= 4 is 17.4 Å². The summed E-state index contributed by atoms with van der Waals surface area (Å²) in [5.74, 6) is 0.879. The molecule has 0 radical (unpaired) electrons. The summed E-state index contributed by atoms with van der Waals surface area (Å²) in [6.45, 7) is 2.97. The number of imidazole rings is 1. The number of nitrogens with two attached hydrogens (primary N) is 1. The van der Waals surface area contributed by atoms with Crippen LogP contribution in [-0.2, 0) is 0 Å². The Morgan fingerprint density at radius 2 is 1.93 bits per heavy atom. The highest BCUT2D eigenvalue weighted by Gasteiger charge is 2.20. The molecule has 1 aromatic carbocycles. The number of anilines is 1. The number of aryl methyl sites for hydroxylation is 1. The van der Waals surface area contributed by atoms with E-state index in [9.17, 15) is 4.79 Å². The number of hydrogen-bond acceptors (Lipinski definition) is 4. The van der Waals surface area contributed by atoms with E-state index in [0.29, 0.717) is 24.7 Å². The van der Waals surface area contributed by atoms with Gasteiger partial charge in [0.2, 0.25) is 0 Å². The van der Waals surface area contributed by atoms with Gasteiger partial charge >= 0.3 is 0 Å². The molecule has 0 atom stereocenters. The van der Waals surface area contributed by atoms with E-state index in [1.165, 1.54) is 37.7 Å². The molecule has 1 aliphatic carbocycles. The Labute approximate surface area is 171 Å². The predicted octanol–water partition coefficient (Wildman–Crippen LogP) is 3.74. The fraction of sp³-hybridized carbons (Fsp3) is 0.391. The van der Waals surface area contributed by atoms with Crippen LogP contribution >= 0.6 is 0 Å². The van der Waals surface area contributed by atoms with E-state index in [-0.39, 0.29) is 5.91 Å². The highest BCUT2D eigenvalue weighted by Crippen LogP contribution is 2.32. The largest absolute Gasteiger partial charge is 0.367 e.